The highest BCUT2D eigenvalue weighted by Crippen LogP contribution is 2.49. The third kappa shape index (κ3) is 13.6. The van der Waals surface area contributed by atoms with Gasteiger partial charge in [-0.25, -0.2) is 9.59 Å². The van der Waals surface area contributed by atoms with Crippen LogP contribution in [0.25, 0.3) is 11.1 Å². The number of nitrogens with two attached hydrogens (primary N) is 1. The lowest BCUT2D eigenvalue weighted by Gasteiger charge is -2.31. The van der Waals surface area contributed by atoms with Gasteiger partial charge in [0, 0.05) is 35.2 Å². The van der Waals surface area contributed by atoms with Crippen LogP contribution < -0.4 is 56.6 Å². The van der Waals surface area contributed by atoms with Crippen LogP contribution in [0.4, 0.5) is 0 Å². The van der Waals surface area contributed by atoms with E-state index in [9.17, 15) is 45.0 Å². The summed E-state index contributed by atoms with van der Waals surface area (Å²) in [5.41, 5.74) is 5.04. The van der Waals surface area contributed by atoms with Gasteiger partial charge in [-0.2, -0.15) is 0 Å². The molecule has 15 rings (SSSR count). The van der Waals surface area contributed by atoms with Crippen molar-refractivity contribution >= 4 is 70.6 Å². The second-order valence-corrected chi connectivity index (χ2v) is 24.4. The van der Waals surface area contributed by atoms with Gasteiger partial charge in [-0.1, -0.05) is 96.0 Å². The maximum absolute atomic E-state index is 16.2. The van der Waals surface area contributed by atoms with Gasteiger partial charge in [-0.3, -0.25) is 28.8 Å². The van der Waals surface area contributed by atoms with Gasteiger partial charge < -0.3 is 92.0 Å². The smallest absolute Gasteiger partial charge is 0.345 e. The molecule has 0 saturated heterocycles. The van der Waals surface area contributed by atoms with E-state index in [-0.39, 0.29) is 96.7 Å². The SMILES string of the molecule is N[C@@H]1C(=O)N[C@@H]2Cc3ccc(c(Cl)c3)Oc3cc4cc(c3OCc3ccccc3)Oc3ccc(cc3Cl)[C@@H](O)[C@@H]3NC(=O)[C@H](NC(=O)[C@@H]4NC(=O)[C@@H](NC2=O)c2cc(O)cc(c2)Oc2cc1ccc2O)c1ccc(O)c(c1)-c1c(O)cc(O)cc1[C@H](C(=O)OC(=O)c1ccccc1)NC3=O. The molecule has 0 unspecified atom stereocenters. The Hall–Kier alpha value is -12.4. The van der Waals surface area contributed by atoms with Crippen molar-refractivity contribution in [3.8, 4) is 80.1 Å². The Morgan fingerprint density at radius 1 is 0.500 bits per heavy atom. The number of esters is 2. The molecular formula is C72H55Cl2N7O19. The molecule has 100 heavy (non-hydrogen) atoms. The van der Waals surface area contributed by atoms with Gasteiger partial charge in [0.15, 0.2) is 29.0 Å². The minimum atomic E-state index is -2.26. The van der Waals surface area contributed by atoms with Crippen LogP contribution >= 0.6 is 23.2 Å². The van der Waals surface area contributed by atoms with Gasteiger partial charge in [-0.15, -0.1) is 0 Å². The molecule has 0 saturated carbocycles. The highest BCUT2D eigenvalue weighted by Gasteiger charge is 2.42. The summed E-state index contributed by atoms with van der Waals surface area (Å²) in [6.45, 7) is -0.183. The van der Waals surface area contributed by atoms with E-state index in [1.54, 1.807) is 36.4 Å². The number of hydrogen-bond donors (Lipinski definition) is 13. The number of rotatable bonds is 5. The molecule has 0 aromatic heterocycles. The van der Waals surface area contributed by atoms with Crippen molar-refractivity contribution < 1.29 is 92.7 Å². The Morgan fingerprint density at radius 3 is 1.78 bits per heavy atom. The lowest BCUT2D eigenvalue weighted by Crippen LogP contribution is -2.55. The summed E-state index contributed by atoms with van der Waals surface area (Å²) in [6, 6.07) is 24.9. The molecule has 28 heteroatoms. The fraction of sp³-hybridized carbons (Fsp3) is 0.139. The summed E-state index contributed by atoms with van der Waals surface area (Å²) >= 11 is 14.2. The number of ether oxygens (including phenoxy) is 5. The standard InChI is InChI=1S/C72H55Cl2N7O19/c73-45-19-33-11-17-51(45)98-54-26-39-27-55(64(54)96-31-32-7-3-1-4-8-32)99-52-18-14-37(24-46(52)74)63(87)62-70(93)80-61(72(95)100-71(94)34-9-5-2-6-10-34)44-29-41(83)30-50(86)56(44)43-23-36(13-15-48(43)84)58(67(90)81-62)78-69(92)60(39)79-68(91)59-38-21-40(82)28-42(22-38)97-53-25-35(12-16-49(53)85)57(75)66(89)76-47(20-33)65(88)77-59/h1-19,21-30,47,57-63,82-87H,20,31,75H2,(H,76,89)(H,77,88)(H,78,92)(H,79,91)(H,80,93)(H,81,90)/t47-,57+,58-,59+,60-,61-,62+,63-/m1/s1. The van der Waals surface area contributed by atoms with Gasteiger partial charge in [0.05, 0.1) is 15.6 Å². The molecule has 9 aromatic rings. The second kappa shape index (κ2) is 27.3. The number of nitrogens with one attached hydrogen (secondary N) is 6. The number of phenolic OH excluding ortho intramolecular Hbond substituents is 5. The van der Waals surface area contributed by atoms with E-state index >= 15 is 24.0 Å². The van der Waals surface area contributed by atoms with E-state index < -0.39 is 141 Å². The van der Waals surface area contributed by atoms with Crippen molar-refractivity contribution in [2.24, 2.45) is 5.73 Å². The van der Waals surface area contributed by atoms with Crippen molar-refractivity contribution in [1.82, 2.24) is 31.9 Å². The molecule has 6 amide bonds. The van der Waals surface area contributed by atoms with Gasteiger partial charge in [0.2, 0.25) is 41.2 Å². The molecule has 506 valence electrons. The second-order valence-electron chi connectivity index (χ2n) is 23.6. The van der Waals surface area contributed by atoms with Crippen LogP contribution in [0.1, 0.15) is 91.2 Å². The minimum Gasteiger partial charge on any atom is -0.508 e. The molecule has 0 spiro atoms. The first-order valence-electron chi connectivity index (χ1n) is 30.6. The number of carbonyl (C=O) groups is 8. The highest BCUT2D eigenvalue weighted by molar-refractivity contribution is 6.32. The van der Waals surface area contributed by atoms with Gasteiger partial charge in [-0.05, 0) is 130 Å². The quantitative estimate of drug-likeness (QED) is 0.0570. The largest absolute Gasteiger partial charge is 0.508 e. The summed E-state index contributed by atoms with van der Waals surface area (Å²) in [5, 5.41) is 84.9. The number of fused-ring (bicyclic) bond motifs is 14. The van der Waals surface area contributed by atoms with Crippen molar-refractivity contribution in [2.75, 3.05) is 0 Å². The van der Waals surface area contributed by atoms with Crippen LogP contribution in [0.3, 0.4) is 0 Å². The minimum absolute atomic E-state index is 0.0707. The lowest BCUT2D eigenvalue weighted by molar-refractivity contribution is -0.144. The summed E-state index contributed by atoms with van der Waals surface area (Å²) in [4.78, 5) is 121. The molecule has 0 aliphatic carbocycles. The van der Waals surface area contributed by atoms with Gasteiger partial charge in [0.25, 0.3) is 0 Å². The number of aliphatic hydroxyl groups excluding tert-OH is 1. The first-order chi connectivity index (χ1) is 48.0. The van der Waals surface area contributed by atoms with Crippen LogP contribution in [0.15, 0.2) is 176 Å². The number of benzene rings is 9. The van der Waals surface area contributed by atoms with Crippen molar-refractivity contribution in [3.63, 3.8) is 0 Å². The highest BCUT2D eigenvalue weighted by atomic mass is 35.5. The predicted molar refractivity (Wildman–Crippen MR) is 353 cm³/mol. The molecule has 9 aromatic carbocycles. The summed E-state index contributed by atoms with van der Waals surface area (Å²) in [6.07, 6.45) is -2.52. The maximum Gasteiger partial charge on any atom is 0.345 e. The predicted octanol–water partition coefficient (Wildman–Crippen LogP) is 8.16. The number of halogens is 2. The molecule has 6 aliphatic heterocycles. The van der Waals surface area contributed by atoms with Gasteiger partial charge >= 0.3 is 11.9 Å². The van der Waals surface area contributed by atoms with Crippen LogP contribution in [-0.4, -0.2) is 90.1 Å². The third-order valence-electron chi connectivity index (χ3n) is 16.8. The molecule has 26 nitrogen and oxygen atoms in total. The average Bonchev–Trinajstić information content (AvgIpc) is 0.770. The zero-order valence-electron chi connectivity index (χ0n) is 51.6. The molecule has 8 atom stereocenters. The Morgan fingerprint density at radius 2 is 1.09 bits per heavy atom. The zero-order chi connectivity index (χ0) is 70.4. The first kappa shape index (κ1) is 66.3. The van der Waals surface area contributed by atoms with E-state index in [4.69, 9.17) is 52.6 Å². The van der Waals surface area contributed by atoms with Crippen molar-refractivity contribution in [2.45, 2.75) is 61.4 Å². The molecule has 14 N–H and O–H groups in total. The van der Waals surface area contributed by atoms with Crippen molar-refractivity contribution in [3.05, 3.63) is 236 Å². The first-order valence-corrected chi connectivity index (χ1v) is 31.4. The number of aliphatic hydroxyl groups is 1. The fourth-order valence-corrected chi connectivity index (χ4v) is 12.3. The fourth-order valence-electron chi connectivity index (χ4n) is 11.9. The normalized spacial score (nSPS) is 20.3. The van der Waals surface area contributed by atoms with Crippen LogP contribution in [-0.2, 0) is 51.3 Å². The van der Waals surface area contributed by atoms with Crippen LogP contribution in [0, 0.1) is 0 Å². The number of amides is 6. The average molecular weight is 1390 g/mol. The Labute approximate surface area is 575 Å². The monoisotopic (exact) mass is 1390 g/mol. The maximum atomic E-state index is 16.2. The molecule has 17 bridgehead atoms. The van der Waals surface area contributed by atoms with Crippen LogP contribution in [0.5, 0.6) is 69.0 Å². The zero-order valence-corrected chi connectivity index (χ0v) is 53.1. The van der Waals surface area contributed by atoms with Crippen LogP contribution in [0.2, 0.25) is 10.0 Å². The molecular weight excluding hydrogens is 1340 g/mol. The van der Waals surface area contributed by atoms with Gasteiger partial charge in [0.1, 0.15) is 89.2 Å². The van der Waals surface area contributed by atoms with E-state index in [1.165, 1.54) is 97.1 Å². The Kier molecular flexibility index (Phi) is 18.1. The summed E-state index contributed by atoms with van der Waals surface area (Å²) < 4.78 is 31.3. The molecule has 6 heterocycles. The topological polar surface area (TPSA) is 402 Å². The van der Waals surface area contributed by atoms with E-state index in [0.29, 0.717) is 11.1 Å². The Bertz CT molecular complexity index is 4870. The molecule has 6 aliphatic rings. The lowest BCUT2D eigenvalue weighted by atomic mass is 9.89. The van der Waals surface area contributed by atoms with Crippen molar-refractivity contribution in [1.29, 1.82) is 0 Å². The summed E-state index contributed by atoms with van der Waals surface area (Å²) in [7, 11) is 0. The number of hydrogen-bond acceptors (Lipinski definition) is 20. The van der Waals surface area contributed by atoms with E-state index in [2.05, 4.69) is 31.9 Å². The number of carbonyl (C=O) groups excluding carboxylic acids is 8. The Balaban J connectivity index is 1.03. The van der Waals surface area contributed by atoms with E-state index in [0.717, 1.165) is 42.5 Å². The number of aromatic hydroxyl groups is 5. The molecule has 0 fully saturated rings. The molecule has 0 radical (unpaired) electrons. The van der Waals surface area contributed by atoms with E-state index in [1.807, 2.05) is 0 Å². The summed E-state index contributed by atoms with van der Waals surface area (Å²) in [5.74, 6) is -14.7. The third-order valence-corrected chi connectivity index (χ3v) is 17.4. The number of phenols is 5.